The van der Waals surface area contributed by atoms with Crippen LogP contribution in [0.4, 0.5) is 10.5 Å². The number of hydrogen-bond acceptors (Lipinski definition) is 5. The van der Waals surface area contributed by atoms with E-state index in [1.807, 2.05) is 42.5 Å². The van der Waals surface area contributed by atoms with Crippen molar-refractivity contribution in [2.24, 2.45) is 0 Å². The van der Waals surface area contributed by atoms with Crippen molar-refractivity contribution in [1.82, 2.24) is 15.5 Å². The van der Waals surface area contributed by atoms with E-state index in [-0.39, 0.29) is 12.5 Å². The lowest BCUT2D eigenvalue weighted by Gasteiger charge is -2.23. The standard InChI is InChI=1S/C26H24N4O5/c1-15(17-8-10-21-20(12-17)28-23(32)14-35-21)27-22(31)13-30-24(33)26(2,29-25(30)34)19-9-7-16-5-3-4-6-18(16)11-19/h3-12,15H,13-14H2,1-2H3,(H,27,31)(H,28,32)(H,29,34). The molecule has 2 unspecified atom stereocenters. The molecule has 178 valence electrons. The summed E-state index contributed by atoms with van der Waals surface area (Å²) in [6, 6.07) is 17.5. The van der Waals surface area contributed by atoms with E-state index in [1.54, 1.807) is 32.0 Å². The van der Waals surface area contributed by atoms with Crippen molar-refractivity contribution in [3.63, 3.8) is 0 Å². The lowest BCUT2D eigenvalue weighted by Crippen LogP contribution is -2.43. The van der Waals surface area contributed by atoms with Gasteiger partial charge in [-0.2, -0.15) is 0 Å². The third kappa shape index (κ3) is 4.05. The van der Waals surface area contributed by atoms with Crippen LogP contribution in [0.5, 0.6) is 5.75 Å². The van der Waals surface area contributed by atoms with Crippen molar-refractivity contribution in [2.45, 2.75) is 25.4 Å². The summed E-state index contributed by atoms with van der Waals surface area (Å²) in [7, 11) is 0. The van der Waals surface area contributed by atoms with Crippen molar-refractivity contribution >= 4 is 40.2 Å². The number of carbonyl (C=O) groups is 4. The minimum Gasteiger partial charge on any atom is -0.482 e. The maximum absolute atomic E-state index is 13.3. The topological polar surface area (TPSA) is 117 Å². The first kappa shape index (κ1) is 22.4. The van der Waals surface area contributed by atoms with E-state index in [9.17, 15) is 19.2 Å². The maximum Gasteiger partial charge on any atom is 0.325 e. The Labute approximate surface area is 201 Å². The highest BCUT2D eigenvalue weighted by atomic mass is 16.5. The number of amides is 5. The number of rotatable bonds is 5. The van der Waals surface area contributed by atoms with Gasteiger partial charge in [-0.15, -0.1) is 0 Å². The number of nitrogens with zero attached hydrogens (tertiary/aromatic N) is 1. The molecule has 5 rings (SSSR count). The summed E-state index contributed by atoms with van der Waals surface area (Å²) < 4.78 is 5.36. The smallest absolute Gasteiger partial charge is 0.325 e. The van der Waals surface area contributed by atoms with Gasteiger partial charge in [0.1, 0.15) is 17.8 Å². The summed E-state index contributed by atoms with van der Waals surface area (Å²) >= 11 is 0. The molecule has 0 bridgehead atoms. The predicted octanol–water partition coefficient (Wildman–Crippen LogP) is 2.82. The number of imide groups is 1. The number of carbonyl (C=O) groups excluding carboxylic acids is 4. The molecule has 0 spiro atoms. The lowest BCUT2D eigenvalue weighted by molar-refractivity contribution is -0.135. The molecule has 0 aromatic heterocycles. The van der Waals surface area contributed by atoms with Gasteiger partial charge in [0, 0.05) is 0 Å². The summed E-state index contributed by atoms with van der Waals surface area (Å²) in [5.41, 5.74) is 0.634. The Balaban J connectivity index is 1.29. The van der Waals surface area contributed by atoms with Crippen LogP contribution in [-0.4, -0.2) is 41.8 Å². The highest BCUT2D eigenvalue weighted by molar-refractivity contribution is 6.09. The molecule has 3 aromatic carbocycles. The molecule has 2 aliphatic heterocycles. The predicted molar refractivity (Wildman–Crippen MR) is 129 cm³/mol. The largest absolute Gasteiger partial charge is 0.482 e. The summed E-state index contributed by atoms with van der Waals surface area (Å²) in [6.07, 6.45) is 0. The van der Waals surface area contributed by atoms with E-state index in [1.165, 1.54) is 0 Å². The van der Waals surface area contributed by atoms with E-state index in [2.05, 4.69) is 16.0 Å². The second-order valence-corrected chi connectivity index (χ2v) is 8.89. The normalized spacial score (nSPS) is 20.1. The Hall–Kier alpha value is -4.40. The molecule has 3 N–H and O–H groups in total. The third-order valence-electron chi connectivity index (χ3n) is 6.42. The molecule has 5 amide bonds. The molecule has 1 saturated heterocycles. The van der Waals surface area contributed by atoms with Gasteiger partial charge >= 0.3 is 6.03 Å². The van der Waals surface area contributed by atoms with Crippen molar-refractivity contribution in [1.29, 1.82) is 0 Å². The van der Waals surface area contributed by atoms with Gasteiger partial charge in [-0.05, 0) is 53.9 Å². The first-order valence-corrected chi connectivity index (χ1v) is 11.2. The maximum atomic E-state index is 13.3. The summed E-state index contributed by atoms with van der Waals surface area (Å²) in [5, 5.41) is 10.3. The molecule has 3 aromatic rings. The summed E-state index contributed by atoms with van der Waals surface area (Å²) in [4.78, 5) is 51.2. The molecule has 9 heteroatoms. The van der Waals surface area contributed by atoms with Gasteiger partial charge in [-0.1, -0.05) is 42.5 Å². The van der Waals surface area contributed by atoms with Gasteiger partial charge in [0.2, 0.25) is 5.91 Å². The van der Waals surface area contributed by atoms with Crippen LogP contribution in [0.1, 0.15) is 31.0 Å². The second kappa shape index (κ2) is 8.43. The summed E-state index contributed by atoms with van der Waals surface area (Å²) in [5.74, 6) is -0.672. The SMILES string of the molecule is CC(NC(=O)CN1C(=O)NC(C)(c2ccc3ccccc3c2)C1=O)c1ccc2c(c1)NC(=O)CO2. The average Bonchev–Trinajstić information content (AvgIpc) is 3.06. The number of benzene rings is 3. The Morgan fingerprint density at radius 1 is 1.09 bits per heavy atom. The van der Waals surface area contributed by atoms with Crippen LogP contribution in [-0.2, 0) is 19.9 Å². The molecule has 9 nitrogen and oxygen atoms in total. The van der Waals surface area contributed by atoms with Crippen LogP contribution in [0.25, 0.3) is 10.8 Å². The van der Waals surface area contributed by atoms with Crippen molar-refractivity contribution < 1.29 is 23.9 Å². The van der Waals surface area contributed by atoms with Gasteiger partial charge in [0.15, 0.2) is 6.61 Å². The highest BCUT2D eigenvalue weighted by Gasteiger charge is 2.49. The van der Waals surface area contributed by atoms with Gasteiger partial charge in [0.25, 0.3) is 11.8 Å². The van der Waals surface area contributed by atoms with Gasteiger partial charge in [-0.3, -0.25) is 19.3 Å². The molecule has 0 saturated carbocycles. The average molecular weight is 473 g/mol. The Bertz CT molecular complexity index is 1390. The van der Waals surface area contributed by atoms with Crippen LogP contribution in [0.15, 0.2) is 60.7 Å². The zero-order chi connectivity index (χ0) is 24.7. The van der Waals surface area contributed by atoms with Crippen molar-refractivity contribution in [2.75, 3.05) is 18.5 Å². The number of fused-ring (bicyclic) bond motifs is 2. The van der Waals surface area contributed by atoms with E-state index in [0.717, 1.165) is 21.2 Å². The number of nitrogens with one attached hydrogen (secondary N) is 3. The molecule has 2 heterocycles. The molecule has 2 atom stereocenters. The second-order valence-electron chi connectivity index (χ2n) is 8.89. The molecular formula is C26H24N4O5. The monoisotopic (exact) mass is 472 g/mol. The van der Waals surface area contributed by atoms with Crippen molar-refractivity contribution in [3.8, 4) is 5.75 Å². The molecule has 0 aliphatic carbocycles. The van der Waals surface area contributed by atoms with E-state index >= 15 is 0 Å². The summed E-state index contributed by atoms with van der Waals surface area (Å²) in [6.45, 7) is 2.96. The van der Waals surface area contributed by atoms with Gasteiger partial charge < -0.3 is 20.7 Å². The quantitative estimate of drug-likeness (QED) is 0.494. The van der Waals surface area contributed by atoms with E-state index in [0.29, 0.717) is 17.0 Å². The first-order valence-electron chi connectivity index (χ1n) is 11.2. The lowest BCUT2D eigenvalue weighted by atomic mass is 9.90. The zero-order valence-electron chi connectivity index (χ0n) is 19.3. The fourth-order valence-electron chi connectivity index (χ4n) is 4.42. The molecule has 1 fully saturated rings. The zero-order valence-corrected chi connectivity index (χ0v) is 19.3. The highest BCUT2D eigenvalue weighted by Crippen LogP contribution is 2.32. The van der Waals surface area contributed by atoms with Crippen LogP contribution >= 0.6 is 0 Å². The number of anilines is 1. The van der Waals surface area contributed by atoms with Crippen molar-refractivity contribution in [3.05, 3.63) is 71.8 Å². The minimum absolute atomic E-state index is 0.0390. The fourth-order valence-corrected chi connectivity index (χ4v) is 4.42. The van der Waals surface area contributed by atoms with Gasteiger partial charge in [0.05, 0.1) is 11.7 Å². The molecule has 35 heavy (non-hydrogen) atoms. The molecular weight excluding hydrogens is 448 g/mol. The Kier molecular flexibility index (Phi) is 5.39. The van der Waals surface area contributed by atoms with Crippen LogP contribution in [0, 0.1) is 0 Å². The fraction of sp³-hybridized carbons (Fsp3) is 0.231. The number of hydrogen-bond donors (Lipinski definition) is 3. The first-order chi connectivity index (χ1) is 16.7. The van der Waals surface area contributed by atoms with Crippen LogP contribution < -0.4 is 20.7 Å². The van der Waals surface area contributed by atoms with E-state index < -0.39 is 36.0 Å². The molecule has 0 radical (unpaired) electrons. The Morgan fingerprint density at radius 3 is 2.66 bits per heavy atom. The number of urea groups is 1. The van der Waals surface area contributed by atoms with Gasteiger partial charge in [-0.25, -0.2) is 4.79 Å². The van der Waals surface area contributed by atoms with Crippen LogP contribution in [0.2, 0.25) is 0 Å². The Morgan fingerprint density at radius 2 is 1.86 bits per heavy atom. The number of ether oxygens (including phenoxy) is 1. The minimum atomic E-state index is -1.27. The van der Waals surface area contributed by atoms with Crippen LogP contribution in [0.3, 0.4) is 0 Å². The third-order valence-corrected chi connectivity index (χ3v) is 6.42. The molecule has 2 aliphatic rings. The van der Waals surface area contributed by atoms with E-state index in [4.69, 9.17) is 4.74 Å².